The van der Waals surface area contributed by atoms with Gasteiger partial charge in [0.1, 0.15) is 24.4 Å². The molecule has 0 amide bonds. The van der Waals surface area contributed by atoms with Crippen molar-refractivity contribution < 1.29 is 85.1 Å². The first-order valence-corrected chi connectivity index (χ1v) is 17.7. The zero-order valence-electron chi connectivity index (χ0n) is 23.9. The van der Waals surface area contributed by atoms with Gasteiger partial charge in [-0.25, -0.2) is 23.1 Å². The molecular weight excluding hydrogens is 695 g/mol. The van der Waals surface area contributed by atoms with E-state index in [0.717, 1.165) is 6.20 Å². The lowest BCUT2D eigenvalue weighted by Crippen LogP contribution is -2.38. The molecule has 26 heteroatoms. The molecule has 1 aliphatic heterocycles. The van der Waals surface area contributed by atoms with Gasteiger partial charge in [0, 0.05) is 12.7 Å². The maximum Gasteiger partial charge on any atom is 0.490 e. The number of phosphoric ester groups is 1. The largest absolute Gasteiger partial charge is 0.490 e. The van der Waals surface area contributed by atoms with Gasteiger partial charge >= 0.3 is 29.2 Å². The Balaban J connectivity index is 1.88. The second-order valence-corrected chi connectivity index (χ2v) is 13.5. The fraction of sp³-hybridized carbons (Fsp3) is 0.750. The van der Waals surface area contributed by atoms with Crippen molar-refractivity contribution in [2.45, 2.75) is 30.8 Å². The monoisotopic (exact) mass is 731 g/mol. The highest BCUT2D eigenvalue weighted by atomic mass is 31.3. The van der Waals surface area contributed by atoms with Gasteiger partial charge in [0.2, 0.25) is 5.91 Å². The van der Waals surface area contributed by atoms with Crippen LogP contribution < -0.4 is 17.0 Å². The van der Waals surface area contributed by atoms with E-state index in [0.29, 0.717) is 37.5 Å². The lowest BCUT2D eigenvalue weighted by Gasteiger charge is -2.19. The van der Waals surface area contributed by atoms with E-state index in [9.17, 15) is 48.1 Å². The third-order valence-corrected chi connectivity index (χ3v) is 9.37. The number of hydrogen-bond donors (Lipinski definition) is 8. The summed E-state index contributed by atoms with van der Waals surface area (Å²) in [7, 11) is -17.1. The zero-order chi connectivity index (χ0) is 34.5. The summed E-state index contributed by atoms with van der Waals surface area (Å²) in [6.45, 7) is 1.29. The van der Waals surface area contributed by atoms with Crippen LogP contribution in [0.3, 0.4) is 0 Å². The van der Waals surface area contributed by atoms with Gasteiger partial charge in [-0.3, -0.25) is 19.1 Å². The van der Waals surface area contributed by atoms with Crippen LogP contribution in [0, 0.1) is 0 Å². The fourth-order valence-corrected chi connectivity index (χ4v) is 6.64. The Hall–Kier alpha value is -1.56. The Kier molecular flexibility index (Phi) is 16.6. The maximum atomic E-state index is 12.6. The molecule has 23 nitrogen and oxygen atoms in total. The number of nitrogens with one attached hydrogen (secondary N) is 1. The standard InChI is InChI=1S/C20H36N3O20P3/c21-2-4-37-6-8-39-10-9-38-7-5-36-3-1-15(24)23-11-13(19(27)22-20(23)28)18-17(26)16(25)14(41-18)12-40-45(32,33)43-46(34,35)42-44(29,30)31/h11,14,16-18,25-26H,1-10,12,21H2,(H,32,33)(H,34,35)(H,22,27,28)(H2,29,30,31)/t14-,16-,17-,18+/m1/s1. The minimum absolute atomic E-state index is 0.112. The van der Waals surface area contributed by atoms with E-state index >= 15 is 0 Å². The highest BCUT2D eigenvalue weighted by Gasteiger charge is 2.47. The molecule has 2 rings (SSSR count). The number of aliphatic hydroxyl groups is 2. The first-order chi connectivity index (χ1) is 21.5. The molecule has 0 bridgehead atoms. The number of aromatic amines is 1. The summed E-state index contributed by atoms with van der Waals surface area (Å²) in [4.78, 5) is 75.1. The number of carbonyl (C=O) groups excluding carboxylic acids is 1. The van der Waals surface area contributed by atoms with E-state index in [4.69, 9.17) is 39.2 Å². The number of aliphatic hydroxyl groups excluding tert-OH is 2. The number of nitrogens with zero attached hydrogens (tertiary/aromatic N) is 1. The maximum absolute atomic E-state index is 12.6. The molecule has 0 aliphatic carbocycles. The molecule has 0 radical (unpaired) electrons. The summed E-state index contributed by atoms with van der Waals surface area (Å²) < 4.78 is 72.5. The Bertz CT molecular complexity index is 1380. The van der Waals surface area contributed by atoms with Crippen molar-refractivity contribution in [2.75, 3.05) is 66.0 Å². The number of H-pyrrole nitrogens is 1. The first kappa shape index (κ1) is 40.6. The lowest BCUT2D eigenvalue weighted by molar-refractivity contribution is -0.0228. The summed E-state index contributed by atoms with van der Waals surface area (Å²) in [6, 6.07) is 0. The molecule has 46 heavy (non-hydrogen) atoms. The van der Waals surface area contributed by atoms with Crippen molar-refractivity contribution >= 4 is 29.4 Å². The summed E-state index contributed by atoms with van der Waals surface area (Å²) in [5.41, 5.74) is 2.53. The van der Waals surface area contributed by atoms with Crippen LogP contribution in [0.15, 0.2) is 15.8 Å². The van der Waals surface area contributed by atoms with Crippen molar-refractivity contribution in [3.63, 3.8) is 0 Å². The molecular formula is C20H36N3O20P3. The number of phosphoric acid groups is 3. The number of ether oxygens (including phenoxy) is 5. The molecule has 0 aromatic carbocycles. The van der Waals surface area contributed by atoms with Gasteiger partial charge in [0.25, 0.3) is 5.56 Å². The number of hydrogen-bond acceptors (Lipinski definition) is 17. The van der Waals surface area contributed by atoms with Crippen molar-refractivity contribution in [1.29, 1.82) is 0 Å². The second kappa shape index (κ2) is 18.8. The van der Waals surface area contributed by atoms with Crippen molar-refractivity contribution in [2.24, 2.45) is 5.73 Å². The van der Waals surface area contributed by atoms with Crippen LogP contribution >= 0.6 is 23.5 Å². The Morgan fingerprint density at radius 1 is 0.848 bits per heavy atom. The average molecular weight is 731 g/mol. The molecule has 1 aliphatic rings. The Morgan fingerprint density at radius 2 is 1.39 bits per heavy atom. The topological polar surface area (TPSA) is 344 Å². The minimum atomic E-state index is -5.82. The van der Waals surface area contributed by atoms with E-state index in [-0.39, 0.29) is 32.8 Å². The molecule has 6 atom stereocenters. The van der Waals surface area contributed by atoms with Crippen LogP contribution in [0.4, 0.5) is 0 Å². The van der Waals surface area contributed by atoms with E-state index in [1.807, 2.05) is 4.98 Å². The molecule has 0 saturated carbocycles. The smallest absolute Gasteiger partial charge is 0.387 e. The SMILES string of the molecule is NCCOCCOCCOCCOCCC(=O)n1cc([C@@H]2O[C@H](COP(=O)(O)OP(=O)(O)OP(=O)(O)O)[C@@H](O)[C@H]2O)c(=O)[nH]c1=O. The number of rotatable bonds is 22. The third kappa shape index (κ3) is 14.3. The number of aromatic nitrogens is 2. The summed E-state index contributed by atoms with van der Waals surface area (Å²) >= 11 is 0. The Labute approximate surface area is 259 Å². The van der Waals surface area contributed by atoms with E-state index in [1.165, 1.54) is 0 Å². The predicted octanol–water partition coefficient (Wildman–Crippen LogP) is -2.90. The van der Waals surface area contributed by atoms with Gasteiger partial charge in [-0.2, -0.15) is 8.62 Å². The normalized spacial score (nSPS) is 22.8. The molecule has 2 heterocycles. The van der Waals surface area contributed by atoms with E-state index < -0.39 is 77.2 Å². The third-order valence-electron chi connectivity index (χ3n) is 5.56. The van der Waals surface area contributed by atoms with Crippen molar-refractivity contribution in [1.82, 2.24) is 9.55 Å². The van der Waals surface area contributed by atoms with Gasteiger partial charge < -0.3 is 59.2 Å². The molecule has 2 unspecified atom stereocenters. The van der Waals surface area contributed by atoms with Crippen LogP contribution in [0.25, 0.3) is 0 Å². The molecule has 1 fully saturated rings. The van der Waals surface area contributed by atoms with Gasteiger partial charge in [-0.15, -0.1) is 0 Å². The molecule has 1 aromatic heterocycles. The van der Waals surface area contributed by atoms with Crippen LogP contribution in [0.5, 0.6) is 0 Å². The van der Waals surface area contributed by atoms with E-state index in [2.05, 4.69) is 13.1 Å². The highest BCUT2D eigenvalue weighted by molar-refractivity contribution is 7.66. The van der Waals surface area contributed by atoms with Gasteiger partial charge in [-0.05, 0) is 0 Å². The highest BCUT2D eigenvalue weighted by Crippen LogP contribution is 2.66. The van der Waals surface area contributed by atoms with Gasteiger partial charge in [0.15, 0.2) is 0 Å². The number of nitrogens with two attached hydrogens (primary N) is 1. The molecule has 1 aromatic rings. The van der Waals surface area contributed by atoms with Crippen molar-refractivity contribution in [3.8, 4) is 0 Å². The predicted molar refractivity (Wildman–Crippen MR) is 148 cm³/mol. The van der Waals surface area contributed by atoms with Crippen LogP contribution in [0.1, 0.15) is 22.9 Å². The van der Waals surface area contributed by atoms with Crippen LogP contribution in [-0.4, -0.2) is 130 Å². The zero-order valence-corrected chi connectivity index (χ0v) is 26.6. The van der Waals surface area contributed by atoms with E-state index in [1.54, 1.807) is 0 Å². The van der Waals surface area contributed by atoms with Gasteiger partial charge in [-0.1, -0.05) is 0 Å². The first-order valence-electron chi connectivity index (χ1n) is 13.2. The quantitative estimate of drug-likeness (QED) is 0.0438. The number of carbonyl (C=O) groups is 1. The summed E-state index contributed by atoms with van der Waals surface area (Å²) in [5, 5.41) is 20.7. The lowest BCUT2D eigenvalue weighted by atomic mass is 10.0. The molecule has 1 saturated heterocycles. The van der Waals surface area contributed by atoms with Crippen LogP contribution in [0.2, 0.25) is 0 Å². The summed E-state index contributed by atoms with van der Waals surface area (Å²) in [5.74, 6) is -0.828. The second-order valence-electron chi connectivity index (χ2n) is 9.06. The summed E-state index contributed by atoms with van der Waals surface area (Å²) in [6.07, 6.45) is -6.84. The molecule has 266 valence electrons. The van der Waals surface area contributed by atoms with Crippen molar-refractivity contribution in [3.05, 3.63) is 32.6 Å². The van der Waals surface area contributed by atoms with Crippen LogP contribution in [-0.2, 0) is 50.5 Å². The Morgan fingerprint density at radius 3 is 1.93 bits per heavy atom. The minimum Gasteiger partial charge on any atom is -0.387 e. The molecule has 0 spiro atoms. The average Bonchev–Trinajstić information content (AvgIpc) is 3.21. The molecule has 9 N–H and O–H groups in total. The van der Waals surface area contributed by atoms with Gasteiger partial charge in [0.05, 0.1) is 71.4 Å². The fourth-order valence-electron chi connectivity index (χ4n) is 3.61.